The van der Waals surface area contributed by atoms with Gasteiger partial charge < -0.3 is 5.32 Å². The molecule has 0 aliphatic heterocycles. The van der Waals surface area contributed by atoms with Crippen molar-refractivity contribution in [1.82, 2.24) is 9.55 Å². The van der Waals surface area contributed by atoms with Crippen LogP contribution in [0, 0.1) is 18.6 Å². The van der Waals surface area contributed by atoms with Crippen LogP contribution in [0.2, 0.25) is 0 Å². The third-order valence-corrected chi connectivity index (χ3v) is 6.26. The van der Waals surface area contributed by atoms with Crippen LogP contribution in [0.1, 0.15) is 53.4 Å². The van der Waals surface area contributed by atoms with E-state index >= 15 is 0 Å². The second-order valence-electron chi connectivity index (χ2n) is 7.04. The fourth-order valence-electron chi connectivity index (χ4n) is 3.75. The minimum Gasteiger partial charge on any atom is -0.319 e. The van der Waals surface area contributed by atoms with Crippen LogP contribution >= 0.6 is 11.3 Å². The molecule has 8 heteroatoms. The summed E-state index contributed by atoms with van der Waals surface area (Å²) in [5.74, 6) is -2.16. The first-order valence-corrected chi connectivity index (χ1v) is 10.0. The molecular formula is C20H19F2N3O2S. The lowest BCUT2D eigenvalue weighted by Gasteiger charge is -2.23. The van der Waals surface area contributed by atoms with Gasteiger partial charge in [-0.2, -0.15) is 0 Å². The number of benzene rings is 1. The number of rotatable bonds is 3. The number of nitrogens with one attached hydrogen (secondary N) is 1. The van der Waals surface area contributed by atoms with E-state index in [0.29, 0.717) is 21.2 Å². The van der Waals surface area contributed by atoms with Gasteiger partial charge in [0.15, 0.2) is 0 Å². The smallest absolute Gasteiger partial charge is 0.271 e. The number of nitrogens with zero attached hydrogens (tertiary/aromatic N) is 2. The first-order valence-electron chi connectivity index (χ1n) is 9.22. The number of carbonyl (C=O) groups is 1. The number of carbonyl (C=O) groups excluding carboxylic acids is 1. The predicted octanol–water partition coefficient (Wildman–Crippen LogP) is 4.80. The van der Waals surface area contributed by atoms with Crippen molar-refractivity contribution in [3.05, 3.63) is 57.0 Å². The lowest BCUT2D eigenvalue weighted by atomic mass is 9.95. The van der Waals surface area contributed by atoms with Crippen LogP contribution in [0.4, 0.5) is 14.5 Å². The van der Waals surface area contributed by atoms with Crippen LogP contribution < -0.4 is 10.9 Å². The maximum absolute atomic E-state index is 13.9. The van der Waals surface area contributed by atoms with E-state index in [1.165, 1.54) is 24.1 Å². The van der Waals surface area contributed by atoms with Crippen molar-refractivity contribution in [3.8, 4) is 0 Å². The number of anilines is 1. The van der Waals surface area contributed by atoms with Gasteiger partial charge in [-0.3, -0.25) is 14.2 Å². The summed E-state index contributed by atoms with van der Waals surface area (Å²) in [6, 6.07) is 3.08. The van der Waals surface area contributed by atoms with Crippen molar-refractivity contribution in [2.45, 2.75) is 45.1 Å². The van der Waals surface area contributed by atoms with Gasteiger partial charge in [0.1, 0.15) is 21.9 Å². The Morgan fingerprint density at radius 1 is 1.25 bits per heavy atom. The van der Waals surface area contributed by atoms with Crippen LogP contribution in [0.25, 0.3) is 10.2 Å². The van der Waals surface area contributed by atoms with E-state index in [4.69, 9.17) is 0 Å². The van der Waals surface area contributed by atoms with E-state index < -0.39 is 17.5 Å². The monoisotopic (exact) mass is 403 g/mol. The second-order valence-corrected chi connectivity index (χ2v) is 8.26. The standard InChI is InChI=1S/C20H19F2N3O2S/c1-11-16(19(26)24-15-8-7-12(21)9-14(15)22)17-18(28-11)20(27)25(10-23-17)13-5-3-2-4-6-13/h7-10,13H,2-6H2,1H3,(H,24,26). The van der Waals surface area contributed by atoms with Crippen molar-refractivity contribution in [2.24, 2.45) is 0 Å². The third kappa shape index (κ3) is 3.32. The highest BCUT2D eigenvalue weighted by Gasteiger charge is 2.24. The Morgan fingerprint density at radius 3 is 2.71 bits per heavy atom. The summed E-state index contributed by atoms with van der Waals surface area (Å²) in [7, 11) is 0. The lowest BCUT2D eigenvalue weighted by Crippen LogP contribution is -2.26. The molecule has 0 saturated heterocycles. The number of halogens is 2. The van der Waals surface area contributed by atoms with Gasteiger partial charge in [0.25, 0.3) is 11.5 Å². The molecule has 4 rings (SSSR count). The number of aromatic nitrogens is 2. The summed E-state index contributed by atoms with van der Waals surface area (Å²) in [6.07, 6.45) is 6.79. The van der Waals surface area contributed by atoms with Gasteiger partial charge in [-0.1, -0.05) is 19.3 Å². The average Bonchev–Trinajstić information content (AvgIpc) is 3.02. The molecule has 1 fully saturated rings. The zero-order valence-electron chi connectivity index (χ0n) is 15.3. The molecule has 0 spiro atoms. The predicted molar refractivity (Wildman–Crippen MR) is 105 cm³/mol. The SMILES string of the molecule is Cc1sc2c(=O)n(C3CCCCC3)cnc2c1C(=O)Nc1ccc(F)cc1F. The van der Waals surface area contributed by atoms with E-state index in [-0.39, 0.29) is 22.9 Å². The Kier molecular flexibility index (Phi) is 4.97. The Bertz CT molecular complexity index is 1120. The van der Waals surface area contributed by atoms with Crippen LogP contribution in [-0.4, -0.2) is 15.5 Å². The van der Waals surface area contributed by atoms with Crippen molar-refractivity contribution in [2.75, 3.05) is 5.32 Å². The Balaban J connectivity index is 1.71. The molecule has 1 aromatic carbocycles. The Hall–Kier alpha value is -2.61. The molecular weight excluding hydrogens is 384 g/mol. The zero-order valence-corrected chi connectivity index (χ0v) is 16.1. The maximum atomic E-state index is 13.9. The highest BCUT2D eigenvalue weighted by Crippen LogP contribution is 2.31. The molecule has 1 N–H and O–H groups in total. The first kappa shape index (κ1) is 18.7. The third-order valence-electron chi connectivity index (χ3n) is 5.17. The van der Waals surface area contributed by atoms with Gasteiger partial charge in [0.05, 0.1) is 17.6 Å². The number of hydrogen-bond donors (Lipinski definition) is 1. The van der Waals surface area contributed by atoms with Crippen molar-refractivity contribution in [3.63, 3.8) is 0 Å². The molecule has 2 aromatic heterocycles. The first-order chi connectivity index (χ1) is 13.5. The molecule has 0 atom stereocenters. The van der Waals surface area contributed by atoms with Crippen molar-refractivity contribution >= 4 is 33.1 Å². The molecule has 1 saturated carbocycles. The largest absolute Gasteiger partial charge is 0.319 e. The summed E-state index contributed by atoms with van der Waals surface area (Å²) in [5.41, 5.74) is 0.300. The van der Waals surface area contributed by atoms with E-state index in [0.717, 1.165) is 37.8 Å². The molecule has 1 aliphatic carbocycles. The number of amides is 1. The van der Waals surface area contributed by atoms with Gasteiger partial charge in [0.2, 0.25) is 0 Å². The molecule has 0 unspecified atom stereocenters. The molecule has 2 heterocycles. The molecule has 1 amide bonds. The summed E-state index contributed by atoms with van der Waals surface area (Å²) in [4.78, 5) is 30.7. The van der Waals surface area contributed by atoms with Crippen LogP contribution in [0.3, 0.4) is 0 Å². The maximum Gasteiger partial charge on any atom is 0.271 e. The van der Waals surface area contributed by atoms with E-state index in [2.05, 4.69) is 10.3 Å². The Labute approximate surface area is 164 Å². The van der Waals surface area contributed by atoms with Gasteiger partial charge in [-0.25, -0.2) is 13.8 Å². The quantitative estimate of drug-likeness (QED) is 0.683. The van der Waals surface area contributed by atoms with Crippen LogP contribution in [0.5, 0.6) is 0 Å². The number of aryl methyl sites for hydroxylation is 1. The van der Waals surface area contributed by atoms with Crippen LogP contribution in [0.15, 0.2) is 29.3 Å². The second kappa shape index (κ2) is 7.43. The highest BCUT2D eigenvalue weighted by atomic mass is 32.1. The topological polar surface area (TPSA) is 64.0 Å². The Morgan fingerprint density at radius 2 is 2.00 bits per heavy atom. The zero-order chi connectivity index (χ0) is 19.8. The van der Waals surface area contributed by atoms with Gasteiger partial charge >= 0.3 is 0 Å². The highest BCUT2D eigenvalue weighted by molar-refractivity contribution is 7.19. The van der Waals surface area contributed by atoms with Crippen LogP contribution in [-0.2, 0) is 0 Å². The number of fused-ring (bicyclic) bond motifs is 1. The summed E-state index contributed by atoms with van der Waals surface area (Å²) < 4.78 is 29.0. The fourth-order valence-corrected chi connectivity index (χ4v) is 4.79. The van der Waals surface area contributed by atoms with Gasteiger partial charge in [0, 0.05) is 17.0 Å². The fraction of sp³-hybridized carbons (Fsp3) is 0.350. The lowest BCUT2D eigenvalue weighted by molar-refractivity contribution is 0.102. The molecule has 0 radical (unpaired) electrons. The molecule has 1 aliphatic rings. The molecule has 146 valence electrons. The van der Waals surface area contributed by atoms with Gasteiger partial charge in [-0.05, 0) is 31.9 Å². The minimum atomic E-state index is -0.863. The van der Waals surface area contributed by atoms with Crippen molar-refractivity contribution < 1.29 is 13.6 Å². The van der Waals surface area contributed by atoms with E-state index in [1.807, 2.05) is 0 Å². The minimum absolute atomic E-state index is 0.124. The number of hydrogen-bond acceptors (Lipinski definition) is 4. The van der Waals surface area contributed by atoms with E-state index in [9.17, 15) is 18.4 Å². The molecule has 3 aromatic rings. The van der Waals surface area contributed by atoms with Gasteiger partial charge in [-0.15, -0.1) is 11.3 Å². The van der Waals surface area contributed by atoms with E-state index in [1.54, 1.807) is 11.5 Å². The summed E-state index contributed by atoms with van der Waals surface area (Å²) in [5, 5.41) is 2.45. The normalized spacial score (nSPS) is 15.1. The molecule has 0 bridgehead atoms. The molecule has 5 nitrogen and oxygen atoms in total. The van der Waals surface area contributed by atoms with Crippen molar-refractivity contribution in [1.29, 1.82) is 0 Å². The molecule has 28 heavy (non-hydrogen) atoms. The summed E-state index contributed by atoms with van der Waals surface area (Å²) >= 11 is 1.22. The number of thiophene rings is 1. The summed E-state index contributed by atoms with van der Waals surface area (Å²) in [6.45, 7) is 1.73. The average molecular weight is 403 g/mol.